The maximum absolute atomic E-state index is 10.4. The minimum atomic E-state index is -0.920. The molecule has 0 aromatic carbocycles. The van der Waals surface area contributed by atoms with E-state index in [0.717, 1.165) is 6.42 Å². The molecular weight excluding hydrogens is 280 g/mol. The third kappa shape index (κ3) is 5.50. The minimum absolute atomic E-state index is 0.154. The van der Waals surface area contributed by atoms with Crippen molar-refractivity contribution in [3.05, 3.63) is 0 Å². The molecular formula is C13H26N2O6. The van der Waals surface area contributed by atoms with Crippen molar-refractivity contribution in [3.8, 4) is 0 Å². The standard InChI is InChI=1S/C13H26N2O6/c1-19-13-10(15)11(18)12(8(7-14)21-13)20-6-4-2-3-5-9(16)17/h8,10-13,18H,2-7,14-15H2,1H3,(H,16,17)/t8-,10-,11-,12-,13+/m1/s1. The highest BCUT2D eigenvalue weighted by Gasteiger charge is 2.43. The number of methoxy groups -OCH3 is 1. The first-order chi connectivity index (χ1) is 10.0. The normalized spacial score (nSPS) is 33.0. The highest BCUT2D eigenvalue weighted by Crippen LogP contribution is 2.22. The summed E-state index contributed by atoms with van der Waals surface area (Å²) in [5, 5.41) is 18.7. The third-order valence-electron chi connectivity index (χ3n) is 3.53. The van der Waals surface area contributed by atoms with Crippen molar-refractivity contribution in [2.75, 3.05) is 20.3 Å². The number of nitrogens with two attached hydrogens (primary N) is 2. The lowest BCUT2D eigenvalue weighted by atomic mass is 9.97. The van der Waals surface area contributed by atoms with Gasteiger partial charge in [-0.2, -0.15) is 0 Å². The van der Waals surface area contributed by atoms with Crippen LogP contribution in [0.4, 0.5) is 0 Å². The summed E-state index contributed by atoms with van der Waals surface area (Å²) in [4.78, 5) is 10.4. The minimum Gasteiger partial charge on any atom is -0.481 e. The molecule has 0 unspecified atom stereocenters. The Labute approximate surface area is 124 Å². The van der Waals surface area contributed by atoms with Gasteiger partial charge in [-0.15, -0.1) is 0 Å². The molecule has 1 heterocycles. The van der Waals surface area contributed by atoms with Crippen LogP contribution in [0.2, 0.25) is 0 Å². The van der Waals surface area contributed by atoms with Gasteiger partial charge in [0, 0.05) is 26.7 Å². The van der Waals surface area contributed by atoms with Crippen LogP contribution in [-0.2, 0) is 19.0 Å². The monoisotopic (exact) mass is 306 g/mol. The van der Waals surface area contributed by atoms with Gasteiger partial charge in [-0.3, -0.25) is 4.79 Å². The van der Waals surface area contributed by atoms with Crippen molar-refractivity contribution < 1.29 is 29.2 Å². The van der Waals surface area contributed by atoms with E-state index in [1.165, 1.54) is 7.11 Å². The Kier molecular flexibility index (Phi) is 8.09. The predicted octanol–water partition coefficient (Wildman–Crippen LogP) is -0.965. The van der Waals surface area contributed by atoms with Crippen LogP contribution in [0.15, 0.2) is 0 Å². The maximum atomic E-state index is 10.4. The smallest absolute Gasteiger partial charge is 0.303 e. The molecule has 0 aromatic rings. The van der Waals surface area contributed by atoms with Crippen LogP contribution < -0.4 is 11.5 Å². The SMILES string of the molecule is CO[C@H]1O[C@H](CN)[C@@H](OCCCCCC(=O)O)[C@H](O)[C@H]1N. The zero-order valence-corrected chi connectivity index (χ0v) is 12.3. The average Bonchev–Trinajstić information content (AvgIpc) is 2.46. The highest BCUT2D eigenvalue weighted by atomic mass is 16.7. The van der Waals surface area contributed by atoms with E-state index in [2.05, 4.69) is 0 Å². The van der Waals surface area contributed by atoms with Crippen LogP contribution in [0.3, 0.4) is 0 Å². The second kappa shape index (κ2) is 9.29. The molecule has 1 rings (SSSR count). The van der Waals surface area contributed by atoms with Crippen molar-refractivity contribution in [1.29, 1.82) is 0 Å². The van der Waals surface area contributed by atoms with Gasteiger partial charge in [0.25, 0.3) is 0 Å². The zero-order chi connectivity index (χ0) is 15.8. The number of carbonyl (C=O) groups is 1. The second-order valence-corrected chi connectivity index (χ2v) is 5.12. The Morgan fingerprint density at radius 2 is 2.05 bits per heavy atom. The number of hydrogen-bond donors (Lipinski definition) is 4. The Bertz CT molecular complexity index is 315. The lowest BCUT2D eigenvalue weighted by molar-refractivity contribution is -0.258. The molecule has 1 aliphatic heterocycles. The summed E-state index contributed by atoms with van der Waals surface area (Å²) in [6, 6.07) is -0.699. The number of hydrogen-bond acceptors (Lipinski definition) is 7. The topological polar surface area (TPSA) is 137 Å². The van der Waals surface area contributed by atoms with Crippen molar-refractivity contribution in [2.24, 2.45) is 11.5 Å². The highest BCUT2D eigenvalue weighted by molar-refractivity contribution is 5.66. The molecule has 124 valence electrons. The van der Waals surface area contributed by atoms with E-state index in [1.807, 2.05) is 0 Å². The Morgan fingerprint density at radius 3 is 2.62 bits per heavy atom. The van der Waals surface area contributed by atoms with Crippen molar-refractivity contribution >= 4 is 5.97 Å². The van der Waals surface area contributed by atoms with Gasteiger partial charge in [0.1, 0.15) is 18.3 Å². The summed E-state index contributed by atoms with van der Waals surface area (Å²) < 4.78 is 16.2. The molecule has 8 nitrogen and oxygen atoms in total. The lowest BCUT2D eigenvalue weighted by Gasteiger charge is -2.42. The van der Waals surface area contributed by atoms with Gasteiger partial charge in [0.05, 0.1) is 6.04 Å². The Hall–Kier alpha value is -0.770. The third-order valence-corrected chi connectivity index (χ3v) is 3.53. The summed E-state index contributed by atoms with van der Waals surface area (Å²) >= 11 is 0. The fourth-order valence-corrected chi connectivity index (χ4v) is 2.32. The van der Waals surface area contributed by atoms with E-state index >= 15 is 0 Å². The molecule has 0 spiro atoms. The molecule has 1 aliphatic rings. The maximum Gasteiger partial charge on any atom is 0.303 e. The van der Waals surface area contributed by atoms with E-state index in [-0.39, 0.29) is 13.0 Å². The van der Waals surface area contributed by atoms with E-state index < -0.39 is 36.6 Å². The number of aliphatic carboxylic acids is 1. The zero-order valence-electron chi connectivity index (χ0n) is 12.3. The predicted molar refractivity (Wildman–Crippen MR) is 74.6 cm³/mol. The van der Waals surface area contributed by atoms with Gasteiger partial charge in [-0.05, 0) is 12.8 Å². The first-order valence-corrected chi connectivity index (χ1v) is 7.16. The Morgan fingerprint density at radius 1 is 1.33 bits per heavy atom. The molecule has 0 aromatic heterocycles. The molecule has 0 saturated carbocycles. The van der Waals surface area contributed by atoms with Crippen molar-refractivity contribution in [2.45, 2.75) is 56.3 Å². The summed E-state index contributed by atoms with van der Waals surface area (Å²) in [6.45, 7) is 0.582. The van der Waals surface area contributed by atoms with Crippen LogP contribution in [-0.4, -0.2) is 67.1 Å². The van der Waals surface area contributed by atoms with Crippen molar-refractivity contribution in [3.63, 3.8) is 0 Å². The van der Waals surface area contributed by atoms with Crippen LogP contribution in [0, 0.1) is 0 Å². The van der Waals surface area contributed by atoms with Gasteiger partial charge in [0.15, 0.2) is 6.29 Å². The van der Waals surface area contributed by atoms with Crippen LogP contribution >= 0.6 is 0 Å². The molecule has 1 fully saturated rings. The lowest BCUT2D eigenvalue weighted by Crippen LogP contribution is -2.63. The molecule has 0 amide bonds. The second-order valence-electron chi connectivity index (χ2n) is 5.12. The molecule has 0 radical (unpaired) electrons. The summed E-state index contributed by atoms with van der Waals surface area (Å²) in [7, 11) is 1.45. The van der Waals surface area contributed by atoms with Crippen LogP contribution in [0.5, 0.6) is 0 Å². The summed E-state index contributed by atoms with van der Waals surface area (Å²) in [5.41, 5.74) is 11.5. The van der Waals surface area contributed by atoms with Gasteiger partial charge < -0.3 is 35.9 Å². The average molecular weight is 306 g/mol. The first kappa shape index (κ1) is 18.3. The molecule has 1 saturated heterocycles. The molecule has 0 aliphatic carbocycles. The largest absolute Gasteiger partial charge is 0.481 e. The summed E-state index contributed by atoms with van der Waals surface area (Å²) in [6.07, 6.45) is -0.498. The van der Waals surface area contributed by atoms with Gasteiger partial charge in [0.2, 0.25) is 0 Å². The molecule has 6 N–H and O–H groups in total. The number of aliphatic hydroxyl groups excluding tert-OH is 1. The van der Waals surface area contributed by atoms with E-state index in [1.54, 1.807) is 0 Å². The van der Waals surface area contributed by atoms with Gasteiger partial charge in [-0.25, -0.2) is 0 Å². The van der Waals surface area contributed by atoms with Crippen molar-refractivity contribution in [1.82, 2.24) is 0 Å². The number of carboxylic acid groups (broad SMARTS) is 1. The molecule has 0 bridgehead atoms. The van der Waals surface area contributed by atoms with E-state index in [9.17, 15) is 9.90 Å². The molecule has 5 atom stereocenters. The molecule has 21 heavy (non-hydrogen) atoms. The number of rotatable bonds is 9. The molecule has 8 heteroatoms. The number of aliphatic hydroxyl groups is 1. The first-order valence-electron chi connectivity index (χ1n) is 7.16. The van der Waals surface area contributed by atoms with Crippen LogP contribution in [0.1, 0.15) is 25.7 Å². The summed E-state index contributed by atoms with van der Waals surface area (Å²) in [5.74, 6) is -0.799. The fourth-order valence-electron chi connectivity index (χ4n) is 2.32. The van der Waals surface area contributed by atoms with E-state index in [0.29, 0.717) is 19.4 Å². The van der Waals surface area contributed by atoms with E-state index in [4.69, 9.17) is 30.8 Å². The fraction of sp³-hybridized carbons (Fsp3) is 0.923. The number of carboxylic acids is 1. The quantitative estimate of drug-likeness (QED) is 0.399. The van der Waals surface area contributed by atoms with Gasteiger partial charge >= 0.3 is 5.97 Å². The number of unbranched alkanes of at least 4 members (excludes halogenated alkanes) is 2. The number of ether oxygens (including phenoxy) is 3. The van der Waals surface area contributed by atoms with Crippen LogP contribution in [0.25, 0.3) is 0 Å². The Balaban J connectivity index is 2.36. The van der Waals surface area contributed by atoms with Gasteiger partial charge in [-0.1, -0.05) is 6.42 Å².